The van der Waals surface area contributed by atoms with Crippen molar-refractivity contribution in [1.29, 1.82) is 0 Å². The Morgan fingerprint density at radius 2 is 1.74 bits per heavy atom. The van der Waals surface area contributed by atoms with E-state index < -0.39 is 0 Å². The molecule has 1 aromatic rings. The molecule has 0 unspecified atom stereocenters. The normalized spacial score (nSPS) is 15.0. The van der Waals surface area contributed by atoms with Crippen molar-refractivity contribution >= 4 is 5.82 Å². The standard InChI is InChI=1S/C15H28N4/c1-2-3-4-5-6-7-8-9-13-14(16)19(17)15(18-13)12-10-11-12/h12H,2-11,16-17H2,1H3. The first kappa shape index (κ1) is 14.2. The minimum atomic E-state index is 0.565. The van der Waals surface area contributed by atoms with Crippen molar-refractivity contribution < 1.29 is 0 Å². The first-order chi connectivity index (χ1) is 9.24. The minimum absolute atomic E-state index is 0.565. The van der Waals surface area contributed by atoms with E-state index in [2.05, 4.69) is 11.9 Å². The van der Waals surface area contributed by atoms with Gasteiger partial charge in [-0.25, -0.2) is 9.66 Å². The fourth-order valence-corrected chi connectivity index (χ4v) is 2.57. The number of hydrogen-bond donors (Lipinski definition) is 2. The minimum Gasteiger partial charge on any atom is -0.382 e. The highest BCUT2D eigenvalue weighted by Crippen LogP contribution is 2.39. The van der Waals surface area contributed by atoms with Gasteiger partial charge >= 0.3 is 0 Å². The molecule has 1 heterocycles. The molecule has 0 saturated heterocycles. The Hall–Kier alpha value is -1.19. The van der Waals surface area contributed by atoms with Crippen LogP contribution in [0.5, 0.6) is 0 Å². The SMILES string of the molecule is CCCCCCCCCc1nc(C2CC2)n(N)c1N. The van der Waals surface area contributed by atoms with Crippen LogP contribution in [-0.2, 0) is 6.42 Å². The van der Waals surface area contributed by atoms with Crippen LogP contribution in [0, 0.1) is 0 Å². The molecule has 4 heteroatoms. The van der Waals surface area contributed by atoms with E-state index >= 15 is 0 Å². The highest BCUT2D eigenvalue weighted by molar-refractivity contribution is 5.39. The van der Waals surface area contributed by atoms with E-state index in [9.17, 15) is 0 Å². The number of anilines is 1. The summed E-state index contributed by atoms with van der Waals surface area (Å²) in [5, 5.41) is 0. The molecule has 1 aliphatic rings. The molecule has 2 rings (SSSR count). The van der Waals surface area contributed by atoms with E-state index in [0.717, 1.165) is 17.9 Å². The summed E-state index contributed by atoms with van der Waals surface area (Å²) in [6.45, 7) is 2.25. The maximum absolute atomic E-state index is 6.02. The van der Waals surface area contributed by atoms with Crippen molar-refractivity contribution in [1.82, 2.24) is 9.66 Å². The van der Waals surface area contributed by atoms with Gasteiger partial charge < -0.3 is 11.6 Å². The number of hydrogen-bond acceptors (Lipinski definition) is 3. The molecule has 4 N–H and O–H groups in total. The maximum Gasteiger partial charge on any atom is 0.145 e. The molecule has 1 saturated carbocycles. The van der Waals surface area contributed by atoms with Crippen LogP contribution in [0.15, 0.2) is 0 Å². The van der Waals surface area contributed by atoms with Crippen molar-refractivity contribution in [2.45, 2.75) is 77.0 Å². The second-order valence-electron chi connectivity index (χ2n) is 5.82. The Morgan fingerprint density at radius 1 is 1.11 bits per heavy atom. The number of rotatable bonds is 9. The lowest BCUT2D eigenvalue weighted by atomic mass is 10.1. The smallest absolute Gasteiger partial charge is 0.145 e. The van der Waals surface area contributed by atoms with E-state index in [1.165, 1.54) is 57.8 Å². The molecular formula is C15H28N4. The molecule has 19 heavy (non-hydrogen) atoms. The maximum atomic E-state index is 6.02. The molecule has 4 nitrogen and oxygen atoms in total. The lowest BCUT2D eigenvalue weighted by Crippen LogP contribution is -2.15. The zero-order valence-electron chi connectivity index (χ0n) is 12.2. The van der Waals surface area contributed by atoms with Gasteiger partial charge in [-0.3, -0.25) is 0 Å². The van der Waals surface area contributed by atoms with Crippen molar-refractivity contribution in [3.63, 3.8) is 0 Å². The molecule has 0 amide bonds. The predicted octanol–water partition coefficient (Wildman–Crippen LogP) is 3.35. The predicted molar refractivity (Wildman–Crippen MR) is 80.5 cm³/mol. The third-order valence-corrected chi connectivity index (χ3v) is 4.01. The van der Waals surface area contributed by atoms with Gasteiger partial charge in [-0.1, -0.05) is 45.4 Å². The fourth-order valence-electron chi connectivity index (χ4n) is 2.57. The Labute approximate surface area is 116 Å². The van der Waals surface area contributed by atoms with Gasteiger partial charge in [0.05, 0.1) is 5.69 Å². The van der Waals surface area contributed by atoms with Gasteiger partial charge in [-0.05, 0) is 25.7 Å². The Bertz CT molecular complexity index is 393. The molecule has 1 aliphatic carbocycles. The van der Waals surface area contributed by atoms with Crippen LogP contribution in [0.2, 0.25) is 0 Å². The zero-order valence-corrected chi connectivity index (χ0v) is 12.2. The summed E-state index contributed by atoms with van der Waals surface area (Å²) in [4.78, 5) is 4.63. The Morgan fingerprint density at radius 3 is 2.37 bits per heavy atom. The summed E-state index contributed by atoms with van der Waals surface area (Å²) in [5.41, 5.74) is 7.04. The van der Waals surface area contributed by atoms with E-state index in [-0.39, 0.29) is 0 Å². The second-order valence-corrected chi connectivity index (χ2v) is 5.82. The quantitative estimate of drug-likeness (QED) is 0.531. The summed E-state index contributed by atoms with van der Waals surface area (Å²) >= 11 is 0. The third-order valence-electron chi connectivity index (χ3n) is 4.01. The number of nitrogens with two attached hydrogens (primary N) is 2. The average Bonchev–Trinajstić information content (AvgIpc) is 3.20. The van der Waals surface area contributed by atoms with Crippen molar-refractivity contribution in [3.05, 3.63) is 11.5 Å². The topological polar surface area (TPSA) is 69.9 Å². The number of imidazole rings is 1. The molecule has 108 valence electrons. The summed E-state index contributed by atoms with van der Waals surface area (Å²) in [6, 6.07) is 0. The summed E-state index contributed by atoms with van der Waals surface area (Å²) in [5.74, 6) is 8.19. The largest absolute Gasteiger partial charge is 0.382 e. The number of aromatic nitrogens is 2. The number of nitrogen functional groups attached to an aromatic ring is 2. The van der Waals surface area contributed by atoms with Gasteiger partial charge in [-0.15, -0.1) is 0 Å². The Balaban J connectivity index is 1.69. The molecular weight excluding hydrogens is 236 g/mol. The van der Waals surface area contributed by atoms with Gasteiger partial charge in [0.2, 0.25) is 0 Å². The number of nitrogens with zero attached hydrogens (tertiary/aromatic N) is 2. The molecule has 0 spiro atoms. The third kappa shape index (κ3) is 3.88. The van der Waals surface area contributed by atoms with E-state index in [1.54, 1.807) is 4.68 Å². The van der Waals surface area contributed by atoms with Crippen LogP contribution < -0.4 is 11.6 Å². The van der Waals surface area contributed by atoms with Crippen LogP contribution in [0.4, 0.5) is 5.82 Å². The summed E-state index contributed by atoms with van der Waals surface area (Å²) in [7, 11) is 0. The van der Waals surface area contributed by atoms with E-state index in [1.807, 2.05) is 0 Å². The van der Waals surface area contributed by atoms with Crippen LogP contribution in [0.1, 0.15) is 82.1 Å². The average molecular weight is 264 g/mol. The van der Waals surface area contributed by atoms with E-state index in [0.29, 0.717) is 11.7 Å². The number of unbranched alkanes of at least 4 members (excludes halogenated alkanes) is 6. The van der Waals surface area contributed by atoms with Gasteiger partial charge in [0.15, 0.2) is 0 Å². The highest BCUT2D eigenvalue weighted by atomic mass is 15.4. The summed E-state index contributed by atoms with van der Waals surface area (Å²) in [6.07, 6.45) is 12.6. The first-order valence-corrected chi connectivity index (χ1v) is 7.86. The van der Waals surface area contributed by atoms with Gasteiger partial charge in [0, 0.05) is 5.92 Å². The van der Waals surface area contributed by atoms with Crippen molar-refractivity contribution in [3.8, 4) is 0 Å². The lowest BCUT2D eigenvalue weighted by molar-refractivity contribution is 0.587. The van der Waals surface area contributed by atoms with Crippen LogP contribution in [0.25, 0.3) is 0 Å². The monoisotopic (exact) mass is 264 g/mol. The van der Waals surface area contributed by atoms with Crippen LogP contribution in [-0.4, -0.2) is 9.66 Å². The van der Waals surface area contributed by atoms with Crippen molar-refractivity contribution in [2.75, 3.05) is 11.6 Å². The second kappa shape index (κ2) is 6.83. The van der Waals surface area contributed by atoms with Gasteiger partial charge in [0.25, 0.3) is 0 Å². The molecule has 0 atom stereocenters. The number of aryl methyl sites for hydroxylation is 1. The van der Waals surface area contributed by atoms with Crippen LogP contribution in [0.3, 0.4) is 0 Å². The Kier molecular flexibility index (Phi) is 5.11. The lowest BCUT2D eigenvalue weighted by Gasteiger charge is -2.01. The van der Waals surface area contributed by atoms with Crippen LogP contribution >= 0.6 is 0 Å². The van der Waals surface area contributed by atoms with Gasteiger partial charge in [-0.2, -0.15) is 0 Å². The molecule has 1 aromatic heterocycles. The molecule has 0 aromatic carbocycles. The molecule has 0 bridgehead atoms. The van der Waals surface area contributed by atoms with E-state index in [4.69, 9.17) is 11.6 Å². The zero-order chi connectivity index (χ0) is 13.7. The van der Waals surface area contributed by atoms with Crippen molar-refractivity contribution in [2.24, 2.45) is 0 Å². The molecule has 1 fully saturated rings. The first-order valence-electron chi connectivity index (χ1n) is 7.86. The molecule has 0 aliphatic heterocycles. The fraction of sp³-hybridized carbons (Fsp3) is 0.800. The summed E-state index contributed by atoms with van der Waals surface area (Å²) < 4.78 is 1.61. The highest BCUT2D eigenvalue weighted by Gasteiger charge is 2.30. The molecule has 0 radical (unpaired) electrons. The van der Waals surface area contributed by atoms with Gasteiger partial charge in [0.1, 0.15) is 11.6 Å².